The molecule has 0 saturated carbocycles. The van der Waals surface area contributed by atoms with Crippen molar-refractivity contribution >= 4 is 50.1 Å². The molecule has 0 amide bonds. The molecule has 1 aliphatic heterocycles. The Kier molecular flexibility index (Phi) is 3.85. The van der Waals surface area contributed by atoms with Crippen LogP contribution < -0.4 is 10.1 Å². The monoisotopic (exact) mass is 419 g/mol. The second-order valence-corrected chi connectivity index (χ2v) is 7.27. The van der Waals surface area contributed by atoms with Crippen LogP contribution in [0.1, 0.15) is 12.0 Å². The highest BCUT2D eigenvalue weighted by Crippen LogP contribution is 2.22. The summed E-state index contributed by atoms with van der Waals surface area (Å²) in [5.41, 5.74) is 1.16. The van der Waals surface area contributed by atoms with Crippen LogP contribution in [-0.4, -0.2) is 42.4 Å². The molecule has 8 nitrogen and oxygen atoms in total. The van der Waals surface area contributed by atoms with Crippen molar-refractivity contribution in [3.05, 3.63) is 55.5 Å². The van der Waals surface area contributed by atoms with Gasteiger partial charge in [0.1, 0.15) is 10.9 Å². The Morgan fingerprint density at radius 1 is 1.36 bits per heavy atom. The minimum atomic E-state index is -1.00. The fourth-order valence-electron chi connectivity index (χ4n) is 2.55. The summed E-state index contributed by atoms with van der Waals surface area (Å²) in [5.74, 6) is -1.00. The molecule has 25 heavy (non-hydrogen) atoms. The molecule has 0 spiro atoms. The van der Waals surface area contributed by atoms with Crippen LogP contribution in [0.3, 0.4) is 0 Å². The van der Waals surface area contributed by atoms with Gasteiger partial charge >= 0.3 is 5.97 Å². The van der Waals surface area contributed by atoms with Crippen LogP contribution in [0.2, 0.25) is 0 Å². The minimum absolute atomic E-state index is 0.252. The molecule has 1 atom stereocenters. The predicted molar refractivity (Wildman–Crippen MR) is 95.4 cm³/mol. The number of fused-ring (bicyclic) bond motifs is 1. The summed E-state index contributed by atoms with van der Waals surface area (Å²) in [5, 5.41) is 19.1. The molecule has 1 unspecified atom stereocenters. The largest absolute Gasteiger partial charge is 0.480 e. The number of nitrogens with zero attached hydrogens (tertiary/aromatic N) is 5. The molecule has 1 aromatic carbocycles. The first kappa shape index (κ1) is 15.9. The highest BCUT2D eigenvalue weighted by molar-refractivity contribution is 9.10. The second-order valence-electron chi connectivity index (χ2n) is 5.35. The SMILES string of the molecule is O=C(O)C1CC(c2ccc(Br)cc2)=NN1/C=c1\sc2ncnn2c1=O. The number of aliphatic carboxylic acids is 1. The Hall–Kier alpha value is -2.59. The van der Waals surface area contributed by atoms with Crippen molar-refractivity contribution in [2.24, 2.45) is 5.10 Å². The highest BCUT2D eigenvalue weighted by atomic mass is 79.9. The zero-order chi connectivity index (χ0) is 17.6. The fourth-order valence-corrected chi connectivity index (χ4v) is 3.66. The zero-order valence-electron chi connectivity index (χ0n) is 12.5. The average molecular weight is 420 g/mol. The van der Waals surface area contributed by atoms with Crippen molar-refractivity contribution in [3.63, 3.8) is 0 Å². The van der Waals surface area contributed by atoms with Crippen LogP contribution in [0.15, 0.2) is 45.0 Å². The number of aromatic nitrogens is 3. The fraction of sp³-hybridized carbons (Fsp3) is 0.133. The molecule has 0 radical (unpaired) electrons. The van der Waals surface area contributed by atoms with E-state index in [9.17, 15) is 14.7 Å². The number of benzene rings is 1. The Labute approximate surface area is 152 Å². The first-order chi connectivity index (χ1) is 12.0. The lowest BCUT2D eigenvalue weighted by atomic mass is 10.0. The van der Waals surface area contributed by atoms with E-state index in [-0.39, 0.29) is 12.0 Å². The van der Waals surface area contributed by atoms with Gasteiger partial charge in [-0.1, -0.05) is 39.4 Å². The maximum atomic E-state index is 12.3. The third-order valence-corrected chi connectivity index (χ3v) is 5.26. The van der Waals surface area contributed by atoms with Crippen molar-refractivity contribution < 1.29 is 9.90 Å². The van der Waals surface area contributed by atoms with Crippen LogP contribution in [0.4, 0.5) is 0 Å². The van der Waals surface area contributed by atoms with Gasteiger partial charge in [0.25, 0.3) is 5.56 Å². The van der Waals surface area contributed by atoms with Gasteiger partial charge in [0.15, 0.2) is 6.04 Å². The molecule has 0 aliphatic carbocycles. The third kappa shape index (κ3) is 2.83. The smallest absolute Gasteiger partial charge is 0.328 e. The summed E-state index contributed by atoms with van der Waals surface area (Å²) >= 11 is 4.51. The van der Waals surface area contributed by atoms with Crippen LogP contribution in [-0.2, 0) is 4.79 Å². The number of carboxylic acids is 1. The van der Waals surface area contributed by atoms with E-state index in [2.05, 4.69) is 31.1 Å². The summed E-state index contributed by atoms with van der Waals surface area (Å²) in [4.78, 5) is 28.3. The van der Waals surface area contributed by atoms with E-state index >= 15 is 0 Å². The number of hydrogen-bond donors (Lipinski definition) is 1. The van der Waals surface area contributed by atoms with Gasteiger partial charge in [-0.05, 0) is 17.7 Å². The van der Waals surface area contributed by atoms with E-state index < -0.39 is 12.0 Å². The molecule has 0 bridgehead atoms. The maximum absolute atomic E-state index is 12.3. The Morgan fingerprint density at radius 3 is 2.80 bits per heavy atom. The average Bonchev–Trinajstić information content (AvgIpc) is 3.27. The Balaban J connectivity index is 1.77. The molecule has 1 aliphatic rings. The third-order valence-electron chi connectivity index (χ3n) is 3.78. The molecule has 10 heteroatoms. The number of hydrogen-bond acceptors (Lipinski definition) is 7. The van der Waals surface area contributed by atoms with Crippen molar-refractivity contribution in [1.29, 1.82) is 0 Å². The molecule has 0 fully saturated rings. The second kappa shape index (κ2) is 6.05. The van der Waals surface area contributed by atoms with Gasteiger partial charge in [0.05, 0.1) is 5.71 Å². The number of thiazole rings is 1. The molecular weight excluding hydrogens is 410 g/mol. The number of rotatable bonds is 3. The standard InChI is InChI=1S/C15H10BrN5O3S/c16-9-3-1-8(2-4-9)10-5-11(14(23)24)20(19-10)6-12-13(22)21-15(25-12)17-7-18-21/h1-4,6-7,11H,5H2,(H,23,24)/b12-6-. The van der Waals surface area contributed by atoms with Gasteiger partial charge in [-0.3, -0.25) is 9.80 Å². The molecule has 0 saturated heterocycles. The van der Waals surface area contributed by atoms with E-state index in [0.29, 0.717) is 15.2 Å². The first-order valence-corrected chi connectivity index (χ1v) is 8.83. The summed E-state index contributed by atoms with van der Waals surface area (Å²) in [7, 11) is 0. The molecule has 3 aromatic rings. The Bertz CT molecular complexity index is 1100. The normalized spacial score (nSPS) is 18.1. The van der Waals surface area contributed by atoms with Gasteiger partial charge in [0.2, 0.25) is 4.96 Å². The molecule has 4 rings (SSSR count). The maximum Gasteiger partial charge on any atom is 0.328 e. The molecular formula is C15H10BrN5O3S. The molecule has 2 aromatic heterocycles. The molecule has 126 valence electrons. The van der Waals surface area contributed by atoms with Gasteiger partial charge in [-0.15, -0.1) is 0 Å². The molecule has 3 heterocycles. The van der Waals surface area contributed by atoms with E-state index in [1.165, 1.54) is 22.1 Å². The zero-order valence-corrected chi connectivity index (χ0v) is 14.9. The summed E-state index contributed by atoms with van der Waals surface area (Å²) in [6, 6.07) is 6.62. The lowest BCUT2D eigenvalue weighted by Crippen LogP contribution is -2.34. The Morgan fingerprint density at radius 2 is 2.12 bits per heavy atom. The van der Waals surface area contributed by atoms with Crippen molar-refractivity contribution in [3.8, 4) is 0 Å². The lowest BCUT2D eigenvalue weighted by molar-refractivity contribution is -0.141. The van der Waals surface area contributed by atoms with Crippen LogP contribution in [0.25, 0.3) is 11.2 Å². The van der Waals surface area contributed by atoms with Crippen LogP contribution in [0, 0.1) is 0 Å². The summed E-state index contributed by atoms with van der Waals surface area (Å²) < 4.78 is 2.45. The van der Waals surface area contributed by atoms with Crippen molar-refractivity contribution in [1.82, 2.24) is 19.6 Å². The minimum Gasteiger partial charge on any atom is -0.480 e. The van der Waals surface area contributed by atoms with E-state index in [1.54, 1.807) is 0 Å². The van der Waals surface area contributed by atoms with Gasteiger partial charge in [-0.25, -0.2) is 9.78 Å². The highest BCUT2D eigenvalue weighted by Gasteiger charge is 2.32. The summed E-state index contributed by atoms with van der Waals surface area (Å²) in [6.07, 6.45) is 3.01. The lowest BCUT2D eigenvalue weighted by Gasteiger charge is -2.14. The number of hydrazone groups is 1. The van der Waals surface area contributed by atoms with Crippen molar-refractivity contribution in [2.45, 2.75) is 12.5 Å². The van der Waals surface area contributed by atoms with Gasteiger partial charge in [-0.2, -0.15) is 14.7 Å². The number of carboxylic acid groups (broad SMARTS) is 1. The quantitative estimate of drug-likeness (QED) is 0.677. The van der Waals surface area contributed by atoms with Crippen molar-refractivity contribution in [2.75, 3.05) is 0 Å². The van der Waals surface area contributed by atoms with E-state index in [0.717, 1.165) is 21.4 Å². The van der Waals surface area contributed by atoms with Crippen LogP contribution >= 0.6 is 27.3 Å². The predicted octanol–water partition coefficient (Wildman–Crippen LogP) is 0.934. The van der Waals surface area contributed by atoms with Gasteiger partial charge < -0.3 is 5.11 Å². The number of carbonyl (C=O) groups is 1. The summed E-state index contributed by atoms with van der Waals surface area (Å²) in [6.45, 7) is 0. The molecule has 1 N–H and O–H groups in total. The van der Waals surface area contributed by atoms with E-state index in [1.807, 2.05) is 24.3 Å². The first-order valence-electron chi connectivity index (χ1n) is 7.22. The topological polar surface area (TPSA) is 100 Å². The van der Waals surface area contributed by atoms with Crippen LogP contribution in [0.5, 0.6) is 0 Å². The van der Waals surface area contributed by atoms with E-state index in [4.69, 9.17) is 0 Å². The van der Waals surface area contributed by atoms with Gasteiger partial charge in [0, 0.05) is 17.1 Å². The number of halogens is 1.